The molecule has 0 aromatic heterocycles. The van der Waals surface area contributed by atoms with E-state index in [0.717, 1.165) is 55.9 Å². The van der Waals surface area contributed by atoms with Crippen LogP contribution in [0.4, 0.5) is 0 Å². The fourth-order valence-electron chi connectivity index (χ4n) is 10.8. The number of hydrogen-bond donors (Lipinski definition) is 4. The van der Waals surface area contributed by atoms with Crippen molar-refractivity contribution in [3.8, 4) is 0 Å². The highest BCUT2D eigenvalue weighted by molar-refractivity contribution is 5.16. The fraction of sp³-hybridized carbons (Fsp3) is 1.00. The third-order valence-corrected chi connectivity index (χ3v) is 12.3. The lowest BCUT2D eigenvalue weighted by Gasteiger charge is -2.57. The van der Waals surface area contributed by atoms with E-state index in [2.05, 4.69) is 20.8 Å². The van der Waals surface area contributed by atoms with Crippen molar-refractivity contribution >= 4 is 0 Å². The Hall–Kier alpha value is -0.160. The molecule has 14 atom stereocenters. The molecule has 4 heteroatoms. The van der Waals surface area contributed by atoms with Gasteiger partial charge in [0.1, 0.15) is 0 Å². The Kier molecular flexibility index (Phi) is 4.94. The van der Waals surface area contributed by atoms with Crippen LogP contribution in [0.3, 0.4) is 0 Å². The number of nitrogens with one attached hydrogen (secondary N) is 1. The number of aliphatic hydroxyl groups excluding tert-OH is 2. The van der Waals surface area contributed by atoms with Gasteiger partial charge in [-0.3, -0.25) is 0 Å². The lowest BCUT2D eigenvalue weighted by Crippen LogP contribution is -3.20. The van der Waals surface area contributed by atoms with Crippen LogP contribution in [0.15, 0.2) is 0 Å². The van der Waals surface area contributed by atoms with Crippen LogP contribution in [-0.4, -0.2) is 52.3 Å². The minimum Gasteiger partial charge on any atom is -0.393 e. The Morgan fingerprint density at radius 3 is 2.39 bits per heavy atom. The number of fused-ring (bicyclic) bond motifs is 8. The first kappa shape index (κ1) is 21.4. The zero-order valence-corrected chi connectivity index (χ0v) is 20.0. The molecule has 0 radical (unpaired) electrons. The quantitative estimate of drug-likeness (QED) is 0.475. The molecule has 0 bridgehead atoms. The number of hydrogen-bond acceptors (Lipinski definition) is 3. The van der Waals surface area contributed by atoms with Crippen LogP contribution in [0, 0.1) is 52.8 Å². The lowest BCUT2D eigenvalue weighted by atomic mass is 9.50. The summed E-state index contributed by atoms with van der Waals surface area (Å²) in [5.74, 6) is 4.47. The first-order valence-electron chi connectivity index (χ1n) is 13.7. The maximum absolute atomic E-state index is 12.3. The summed E-state index contributed by atoms with van der Waals surface area (Å²) in [5.41, 5.74) is -0.482. The van der Waals surface area contributed by atoms with Gasteiger partial charge in [0.2, 0.25) is 0 Å². The SMILES string of the molecule is CC1CCC2C(C)C3CCC4(O)C(CC5C4CC(O)C4CC(O)CCC45C)C3C[NH+]2C1. The second kappa shape index (κ2) is 7.17. The molecule has 4 N–H and O–H groups in total. The highest BCUT2D eigenvalue weighted by Crippen LogP contribution is 2.67. The van der Waals surface area contributed by atoms with Gasteiger partial charge in [0.25, 0.3) is 0 Å². The summed E-state index contributed by atoms with van der Waals surface area (Å²) in [6.07, 6.45) is 8.90. The van der Waals surface area contributed by atoms with Crippen molar-refractivity contribution in [1.29, 1.82) is 0 Å². The van der Waals surface area contributed by atoms with Crippen molar-refractivity contribution < 1.29 is 20.2 Å². The van der Waals surface area contributed by atoms with E-state index in [9.17, 15) is 15.3 Å². The second-order valence-electron chi connectivity index (χ2n) is 13.5. The minimum absolute atomic E-state index is 0.0828. The molecule has 6 fully saturated rings. The topological polar surface area (TPSA) is 65.1 Å². The Morgan fingerprint density at radius 1 is 0.774 bits per heavy atom. The first-order valence-corrected chi connectivity index (χ1v) is 13.7. The maximum Gasteiger partial charge on any atom is 0.0903 e. The predicted octanol–water partition coefficient (Wildman–Crippen LogP) is 2.26. The first-order chi connectivity index (χ1) is 14.7. The molecule has 0 aromatic carbocycles. The van der Waals surface area contributed by atoms with E-state index in [1.807, 2.05) is 4.90 Å². The van der Waals surface area contributed by atoms with Crippen LogP contribution in [0.5, 0.6) is 0 Å². The molecule has 31 heavy (non-hydrogen) atoms. The van der Waals surface area contributed by atoms with Gasteiger partial charge < -0.3 is 20.2 Å². The van der Waals surface area contributed by atoms with Crippen LogP contribution in [0.1, 0.15) is 78.6 Å². The van der Waals surface area contributed by atoms with Crippen molar-refractivity contribution in [3.63, 3.8) is 0 Å². The van der Waals surface area contributed by atoms with Crippen LogP contribution < -0.4 is 4.90 Å². The monoisotopic (exact) mass is 432 g/mol. The number of quaternary nitrogens is 1. The lowest BCUT2D eigenvalue weighted by molar-refractivity contribution is -0.949. The Morgan fingerprint density at radius 2 is 1.58 bits per heavy atom. The van der Waals surface area contributed by atoms with Gasteiger partial charge in [-0.05, 0) is 86.4 Å². The molecule has 176 valence electrons. The van der Waals surface area contributed by atoms with Crippen molar-refractivity contribution in [1.82, 2.24) is 0 Å². The molecule has 2 saturated heterocycles. The molecule has 0 aromatic rings. The average molecular weight is 433 g/mol. The van der Waals surface area contributed by atoms with Crippen molar-refractivity contribution in [2.24, 2.45) is 52.8 Å². The van der Waals surface area contributed by atoms with Gasteiger partial charge >= 0.3 is 0 Å². The van der Waals surface area contributed by atoms with Crippen LogP contribution in [0.2, 0.25) is 0 Å². The van der Waals surface area contributed by atoms with Gasteiger partial charge in [0.15, 0.2) is 0 Å². The van der Waals surface area contributed by atoms with Crippen molar-refractivity contribution in [3.05, 3.63) is 0 Å². The van der Waals surface area contributed by atoms with E-state index in [4.69, 9.17) is 0 Å². The van der Waals surface area contributed by atoms with Gasteiger partial charge in [0.05, 0.1) is 36.9 Å². The highest BCUT2D eigenvalue weighted by Gasteiger charge is 2.68. The molecule has 2 aliphatic heterocycles. The van der Waals surface area contributed by atoms with Gasteiger partial charge in [0, 0.05) is 24.2 Å². The summed E-state index contributed by atoms with van der Waals surface area (Å²) in [6.45, 7) is 9.97. The predicted molar refractivity (Wildman–Crippen MR) is 120 cm³/mol. The summed E-state index contributed by atoms with van der Waals surface area (Å²) in [5, 5.41) is 33.8. The molecule has 6 aliphatic rings. The average Bonchev–Trinajstić information content (AvgIpc) is 3.03. The number of rotatable bonds is 0. The fourth-order valence-corrected chi connectivity index (χ4v) is 10.8. The standard InChI is InChI=1S/C27H45NO3/c1-15-4-5-24-16(2)18-7-9-27(31)20(19(18)14-28(24)13-15)11-21-22(27)12-25(30)23-10-17(29)6-8-26(21,23)3/h15-25,29-31H,4-14H2,1-3H3/p+1. The third-order valence-electron chi connectivity index (χ3n) is 12.3. The van der Waals surface area contributed by atoms with E-state index in [1.165, 1.54) is 38.8 Å². The van der Waals surface area contributed by atoms with E-state index in [1.54, 1.807) is 0 Å². The Bertz CT molecular complexity index is 713. The van der Waals surface area contributed by atoms with Gasteiger partial charge in [-0.25, -0.2) is 0 Å². The summed E-state index contributed by atoms with van der Waals surface area (Å²) in [4.78, 5) is 1.84. The minimum atomic E-state index is -0.565. The van der Waals surface area contributed by atoms with Crippen molar-refractivity contribution in [2.45, 2.75) is 102 Å². The zero-order valence-electron chi connectivity index (χ0n) is 20.0. The molecule has 14 unspecified atom stereocenters. The second-order valence-corrected chi connectivity index (χ2v) is 13.5. The zero-order chi connectivity index (χ0) is 21.7. The van der Waals surface area contributed by atoms with Crippen molar-refractivity contribution in [2.75, 3.05) is 13.1 Å². The molecular formula is C27H46NO3+. The molecule has 0 spiro atoms. The smallest absolute Gasteiger partial charge is 0.0903 e. The van der Waals surface area contributed by atoms with Crippen LogP contribution in [-0.2, 0) is 0 Å². The maximum atomic E-state index is 12.3. The third kappa shape index (κ3) is 2.93. The van der Waals surface area contributed by atoms with Crippen LogP contribution >= 0.6 is 0 Å². The number of piperidine rings is 2. The molecule has 2 heterocycles. The summed E-state index contributed by atoms with van der Waals surface area (Å²) in [6, 6.07) is 0.843. The molecular weight excluding hydrogens is 386 g/mol. The Labute approximate surface area is 188 Å². The molecule has 0 amide bonds. The molecule has 4 aliphatic carbocycles. The summed E-state index contributed by atoms with van der Waals surface area (Å²) < 4.78 is 0. The van der Waals surface area contributed by atoms with E-state index in [-0.39, 0.29) is 29.5 Å². The number of aliphatic hydroxyl groups is 3. The largest absolute Gasteiger partial charge is 0.393 e. The molecule has 6 rings (SSSR count). The van der Waals surface area contributed by atoms with Crippen LogP contribution in [0.25, 0.3) is 0 Å². The molecule has 4 saturated carbocycles. The van der Waals surface area contributed by atoms with E-state index < -0.39 is 5.60 Å². The van der Waals surface area contributed by atoms with Gasteiger partial charge in [-0.1, -0.05) is 20.8 Å². The normalized spacial score (nSPS) is 63.3. The summed E-state index contributed by atoms with van der Waals surface area (Å²) in [7, 11) is 0. The summed E-state index contributed by atoms with van der Waals surface area (Å²) >= 11 is 0. The molecule has 4 nitrogen and oxygen atoms in total. The highest BCUT2D eigenvalue weighted by atomic mass is 16.3. The van der Waals surface area contributed by atoms with E-state index in [0.29, 0.717) is 17.8 Å². The van der Waals surface area contributed by atoms with Gasteiger partial charge in [-0.2, -0.15) is 0 Å². The Balaban J connectivity index is 1.32. The van der Waals surface area contributed by atoms with Gasteiger partial charge in [-0.15, -0.1) is 0 Å². The van der Waals surface area contributed by atoms with E-state index >= 15 is 0 Å².